The van der Waals surface area contributed by atoms with E-state index in [1.165, 1.54) is 12.1 Å². The fourth-order valence-electron chi connectivity index (χ4n) is 1.98. The Bertz CT molecular complexity index is 364. The van der Waals surface area contributed by atoms with Crippen LogP contribution >= 0.6 is 11.6 Å². The van der Waals surface area contributed by atoms with Crippen molar-refractivity contribution in [2.45, 2.75) is 31.5 Å². The summed E-state index contributed by atoms with van der Waals surface area (Å²) >= 11 is 5.65. The Kier molecular flexibility index (Phi) is 3.79. The Morgan fingerprint density at radius 1 is 1.56 bits per heavy atom. The quantitative estimate of drug-likeness (QED) is 0.886. The molecule has 0 aliphatic carbocycles. The molecule has 1 heterocycles. The van der Waals surface area contributed by atoms with E-state index >= 15 is 0 Å². The largest absolute Gasteiger partial charge is 0.388 e. The summed E-state index contributed by atoms with van der Waals surface area (Å²) in [4.78, 5) is 0. The van der Waals surface area contributed by atoms with Gasteiger partial charge in [0.2, 0.25) is 0 Å². The number of benzene rings is 1. The van der Waals surface area contributed by atoms with Crippen LogP contribution in [0, 0.1) is 5.82 Å². The predicted octanol–water partition coefficient (Wildman–Crippen LogP) is 3.08. The zero-order valence-electron chi connectivity index (χ0n) is 8.83. The van der Waals surface area contributed by atoms with Crippen LogP contribution in [0.3, 0.4) is 0 Å². The van der Waals surface area contributed by atoms with Gasteiger partial charge in [0, 0.05) is 23.6 Å². The van der Waals surface area contributed by atoms with E-state index in [4.69, 9.17) is 16.3 Å². The fourth-order valence-corrected chi connectivity index (χ4v) is 2.14. The number of aliphatic hydroxyl groups excluding tert-OH is 1. The topological polar surface area (TPSA) is 29.5 Å². The van der Waals surface area contributed by atoms with Crippen molar-refractivity contribution in [3.8, 4) is 0 Å². The Morgan fingerprint density at radius 2 is 2.38 bits per heavy atom. The van der Waals surface area contributed by atoms with E-state index in [-0.39, 0.29) is 6.10 Å². The van der Waals surface area contributed by atoms with Gasteiger partial charge in [0.25, 0.3) is 0 Å². The van der Waals surface area contributed by atoms with E-state index in [0.717, 1.165) is 19.4 Å². The minimum atomic E-state index is -0.819. The molecule has 16 heavy (non-hydrogen) atoms. The standard InChI is InChI=1S/C12H14ClFO2/c13-8-3-4-10(11(14)6-8)12(15)7-9-2-1-5-16-9/h3-4,6,9,12,15H,1-2,5,7H2. The third kappa shape index (κ3) is 2.73. The average Bonchev–Trinajstić information content (AvgIpc) is 2.70. The number of aliphatic hydroxyl groups is 1. The molecule has 0 saturated carbocycles. The lowest BCUT2D eigenvalue weighted by molar-refractivity contribution is 0.0522. The van der Waals surface area contributed by atoms with Gasteiger partial charge in [0.15, 0.2) is 0 Å². The van der Waals surface area contributed by atoms with Crippen molar-refractivity contribution < 1.29 is 14.2 Å². The number of hydrogen-bond acceptors (Lipinski definition) is 2. The molecule has 0 amide bonds. The first-order valence-electron chi connectivity index (χ1n) is 5.41. The highest BCUT2D eigenvalue weighted by molar-refractivity contribution is 6.30. The molecule has 0 spiro atoms. The Morgan fingerprint density at radius 3 is 3.00 bits per heavy atom. The molecule has 2 unspecified atom stereocenters. The molecule has 2 rings (SSSR count). The number of halogens is 2. The molecule has 88 valence electrons. The Hall–Kier alpha value is -0.640. The highest BCUT2D eigenvalue weighted by Crippen LogP contribution is 2.27. The minimum Gasteiger partial charge on any atom is -0.388 e. The van der Waals surface area contributed by atoms with Crippen LogP contribution in [-0.4, -0.2) is 17.8 Å². The van der Waals surface area contributed by atoms with Gasteiger partial charge in [-0.05, 0) is 25.0 Å². The molecule has 1 N–H and O–H groups in total. The van der Waals surface area contributed by atoms with Gasteiger partial charge in [-0.1, -0.05) is 17.7 Å². The highest BCUT2D eigenvalue weighted by Gasteiger charge is 2.22. The fraction of sp³-hybridized carbons (Fsp3) is 0.500. The van der Waals surface area contributed by atoms with Crippen LogP contribution in [0.25, 0.3) is 0 Å². The lowest BCUT2D eigenvalue weighted by Gasteiger charge is -2.16. The van der Waals surface area contributed by atoms with Gasteiger partial charge in [-0.25, -0.2) is 4.39 Å². The molecule has 2 nitrogen and oxygen atoms in total. The number of hydrogen-bond donors (Lipinski definition) is 1. The second kappa shape index (κ2) is 5.13. The van der Waals surface area contributed by atoms with Crippen molar-refractivity contribution >= 4 is 11.6 Å². The first-order valence-corrected chi connectivity index (χ1v) is 5.79. The SMILES string of the molecule is OC(CC1CCCO1)c1ccc(Cl)cc1F. The molecule has 2 atom stereocenters. The van der Waals surface area contributed by atoms with Crippen molar-refractivity contribution in [2.24, 2.45) is 0 Å². The maximum absolute atomic E-state index is 13.5. The van der Waals surface area contributed by atoms with Crippen LogP contribution in [0.15, 0.2) is 18.2 Å². The van der Waals surface area contributed by atoms with Crippen molar-refractivity contribution in [1.29, 1.82) is 0 Å². The molecule has 4 heteroatoms. The van der Waals surface area contributed by atoms with Crippen molar-refractivity contribution in [1.82, 2.24) is 0 Å². The first kappa shape index (κ1) is 11.8. The first-order chi connectivity index (χ1) is 7.66. The summed E-state index contributed by atoms with van der Waals surface area (Å²) in [6.07, 6.45) is 1.62. The number of rotatable bonds is 3. The van der Waals surface area contributed by atoms with Crippen molar-refractivity contribution in [2.75, 3.05) is 6.61 Å². The maximum atomic E-state index is 13.5. The lowest BCUT2D eigenvalue weighted by Crippen LogP contribution is -2.12. The zero-order valence-corrected chi connectivity index (χ0v) is 9.58. The van der Waals surface area contributed by atoms with Crippen LogP contribution in [0.1, 0.15) is 30.9 Å². The van der Waals surface area contributed by atoms with Gasteiger partial charge in [-0.2, -0.15) is 0 Å². The summed E-state index contributed by atoms with van der Waals surface area (Å²) in [6, 6.07) is 4.32. The second-order valence-corrected chi connectivity index (χ2v) is 4.49. The van der Waals surface area contributed by atoms with E-state index in [1.807, 2.05) is 0 Å². The molecule has 1 fully saturated rings. The summed E-state index contributed by atoms with van der Waals surface area (Å²) < 4.78 is 18.9. The molecular weight excluding hydrogens is 231 g/mol. The van der Waals surface area contributed by atoms with Crippen LogP contribution < -0.4 is 0 Å². The van der Waals surface area contributed by atoms with Gasteiger partial charge >= 0.3 is 0 Å². The normalized spacial score (nSPS) is 22.3. The van der Waals surface area contributed by atoms with E-state index in [1.54, 1.807) is 6.07 Å². The molecule has 0 aromatic heterocycles. The van der Waals surface area contributed by atoms with Gasteiger partial charge in [0.1, 0.15) is 5.82 Å². The predicted molar refractivity (Wildman–Crippen MR) is 60.0 cm³/mol. The summed E-state index contributed by atoms with van der Waals surface area (Å²) in [5.74, 6) is -0.460. The smallest absolute Gasteiger partial charge is 0.130 e. The third-order valence-electron chi connectivity index (χ3n) is 2.83. The maximum Gasteiger partial charge on any atom is 0.130 e. The molecule has 1 aromatic carbocycles. The minimum absolute atomic E-state index is 0.0464. The molecule has 0 bridgehead atoms. The molecule has 1 aromatic rings. The third-order valence-corrected chi connectivity index (χ3v) is 3.07. The Labute approximate surface area is 99.0 Å². The van der Waals surface area contributed by atoms with E-state index in [0.29, 0.717) is 17.0 Å². The Balaban J connectivity index is 2.04. The van der Waals surface area contributed by atoms with Gasteiger partial charge in [0.05, 0.1) is 12.2 Å². The average molecular weight is 245 g/mol. The summed E-state index contributed by atoms with van der Waals surface area (Å²) in [5, 5.41) is 10.2. The van der Waals surface area contributed by atoms with E-state index < -0.39 is 11.9 Å². The van der Waals surface area contributed by atoms with Gasteiger partial charge in [-0.15, -0.1) is 0 Å². The molecule has 1 aliphatic heterocycles. The van der Waals surface area contributed by atoms with Crippen LogP contribution in [0.4, 0.5) is 4.39 Å². The monoisotopic (exact) mass is 244 g/mol. The van der Waals surface area contributed by atoms with Gasteiger partial charge < -0.3 is 9.84 Å². The summed E-state index contributed by atoms with van der Waals surface area (Å²) in [7, 11) is 0. The van der Waals surface area contributed by atoms with Gasteiger partial charge in [-0.3, -0.25) is 0 Å². The van der Waals surface area contributed by atoms with Crippen molar-refractivity contribution in [3.05, 3.63) is 34.6 Å². The van der Waals surface area contributed by atoms with Crippen LogP contribution in [0.2, 0.25) is 5.02 Å². The molecule has 1 aliphatic rings. The highest BCUT2D eigenvalue weighted by atomic mass is 35.5. The summed E-state index contributed by atoms with van der Waals surface area (Å²) in [5.41, 5.74) is 0.292. The van der Waals surface area contributed by atoms with Crippen molar-refractivity contribution in [3.63, 3.8) is 0 Å². The lowest BCUT2D eigenvalue weighted by atomic mass is 10.0. The molecular formula is C12H14ClFO2. The molecule has 0 radical (unpaired) electrons. The second-order valence-electron chi connectivity index (χ2n) is 4.05. The van der Waals surface area contributed by atoms with Crippen LogP contribution in [-0.2, 0) is 4.74 Å². The van der Waals surface area contributed by atoms with Crippen LogP contribution in [0.5, 0.6) is 0 Å². The summed E-state index contributed by atoms with van der Waals surface area (Å²) in [6.45, 7) is 0.737. The van der Waals surface area contributed by atoms with E-state index in [2.05, 4.69) is 0 Å². The number of ether oxygens (including phenoxy) is 1. The van der Waals surface area contributed by atoms with E-state index in [9.17, 15) is 9.50 Å². The zero-order chi connectivity index (χ0) is 11.5. The molecule has 1 saturated heterocycles.